The second-order valence-electron chi connectivity index (χ2n) is 5.95. The number of benzene rings is 1. The molecule has 0 bridgehead atoms. The summed E-state index contributed by atoms with van der Waals surface area (Å²) in [6.07, 6.45) is 2.67. The van der Waals surface area contributed by atoms with Gasteiger partial charge in [0.25, 0.3) is 0 Å². The lowest BCUT2D eigenvalue weighted by Gasteiger charge is -2.20. The minimum atomic E-state index is 0.211. The van der Waals surface area contributed by atoms with Crippen molar-refractivity contribution in [2.45, 2.75) is 59.3 Å². The molecule has 1 aromatic rings. The molecule has 0 amide bonds. The average molecular weight is 232 g/mol. The van der Waals surface area contributed by atoms with Crippen LogP contribution in [0.2, 0.25) is 0 Å². The zero-order valence-electron chi connectivity index (χ0n) is 11.8. The van der Waals surface area contributed by atoms with E-state index < -0.39 is 0 Å². The van der Waals surface area contributed by atoms with Crippen molar-refractivity contribution < 1.29 is 4.79 Å². The number of hydrogen-bond acceptors (Lipinski definition) is 1. The summed E-state index contributed by atoms with van der Waals surface area (Å²) in [5.74, 6) is 0.286. The van der Waals surface area contributed by atoms with E-state index in [0.29, 0.717) is 6.42 Å². The molecule has 0 aliphatic carbocycles. The third-order valence-corrected chi connectivity index (χ3v) is 3.18. The molecule has 1 aromatic carbocycles. The van der Waals surface area contributed by atoms with Gasteiger partial charge in [0.1, 0.15) is 5.78 Å². The van der Waals surface area contributed by atoms with Crippen LogP contribution >= 0.6 is 0 Å². The minimum absolute atomic E-state index is 0.211. The number of hydrogen-bond donors (Lipinski definition) is 0. The Morgan fingerprint density at radius 2 is 1.88 bits per heavy atom. The summed E-state index contributed by atoms with van der Waals surface area (Å²) >= 11 is 0. The summed E-state index contributed by atoms with van der Waals surface area (Å²) in [5, 5.41) is 0. The Labute approximate surface area is 105 Å². The number of carbonyl (C=O) groups excluding carboxylic acids is 1. The summed E-state index contributed by atoms with van der Waals surface area (Å²) in [4.78, 5) is 10.9. The predicted octanol–water partition coefficient (Wildman–Crippen LogP) is 4.20. The van der Waals surface area contributed by atoms with Crippen molar-refractivity contribution in [1.29, 1.82) is 0 Å². The van der Waals surface area contributed by atoms with E-state index in [4.69, 9.17) is 0 Å². The maximum absolute atomic E-state index is 10.9. The second-order valence-corrected chi connectivity index (χ2v) is 5.95. The lowest BCUT2D eigenvalue weighted by atomic mass is 9.85. The van der Waals surface area contributed by atoms with E-state index in [2.05, 4.69) is 45.9 Å². The van der Waals surface area contributed by atoms with Crippen molar-refractivity contribution in [3.05, 3.63) is 34.9 Å². The first kappa shape index (κ1) is 14.0. The minimum Gasteiger partial charge on any atom is -0.300 e. The van der Waals surface area contributed by atoms with Crippen LogP contribution < -0.4 is 0 Å². The van der Waals surface area contributed by atoms with E-state index in [0.717, 1.165) is 12.8 Å². The topological polar surface area (TPSA) is 17.1 Å². The highest BCUT2D eigenvalue weighted by molar-refractivity contribution is 5.75. The van der Waals surface area contributed by atoms with Crippen LogP contribution in [-0.4, -0.2) is 5.78 Å². The molecule has 0 radical (unpaired) electrons. The van der Waals surface area contributed by atoms with E-state index in [1.807, 2.05) is 0 Å². The van der Waals surface area contributed by atoms with Gasteiger partial charge in [0, 0.05) is 6.42 Å². The monoisotopic (exact) mass is 232 g/mol. The van der Waals surface area contributed by atoms with Gasteiger partial charge in [-0.3, -0.25) is 0 Å². The molecule has 17 heavy (non-hydrogen) atoms. The molecular weight excluding hydrogens is 208 g/mol. The maximum Gasteiger partial charge on any atom is 0.129 e. The molecule has 0 saturated heterocycles. The molecule has 0 spiro atoms. The highest BCUT2D eigenvalue weighted by atomic mass is 16.1. The van der Waals surface area contributed by atoms with Crippen molar-refractivity contribution in [3.63, 3.8) is 0 Å². The Bertz CT molecular complexity index is 396. The molecule has 0 unspecified atom stereocenters. The van der Waals surface area contributed by atoms with E-state index >= 15 is 0 Å². The summed E-state index contributed by atoms with van der Waals surface area (Å²) < 4.78 is 0. The summed E-state index contributed by atoms with van der Waals surface area (Å²) in [6, 6.07) is 6.72. The molecule has 1 rings (SSSR count). The lowest BCUT2D eigenvalue weighted by molar-refractivity contribution is -0.117. The number of ketones is 1. The highest BCUT2D eigenvalue weighted by Crippen LogP contribution is 2.24. The lowest BCUT2D eigenvalue weighted by Crippen LogP contribution is -2.11. The van der Waals surface area contributed by atoms with Crippen molar-refractivity contribution >= 4 is 5.78 Å². The zero-order valence-corrected chi connectivity index (χ0v) is 11.8. The molecule has 0 heterocycles. The van der Waals surface area contributed by atoms with Gasteiger partial charge >= 0.3 is 0 Å². The Hall–Kier alpha value is -1.11. The second kappa shape index (κ2) is 5.48. The van der Waals surface area contributed by atoms with Crippen molar-refractivity contribution in [3.8, 4) is 0 Å². The van der Waals surface area contributed by atoms with Crippen LogP contribution in [-0.2, 0) is 16.6 Å². The van der Waals surface area contributed by atoms with Gasteiger partial charge in [-0.25, -0.2) is 0 Å². The molecule has 1 nitrogen and oxygen atoms in total. The molecule has 1 heteroatoms. The van der Waals surface area contributed by atoms with E-state index in [1.165, 1.54) is 16.7 Å². The fourth-order valence-corrected chi connectivity index (χ4v) is 1.97. The van der Waals surface area contributed by atoms with Crippen LogP contribution in [0.1, 0.15) is 57.2 Å². The summed E-state index contributed by atoms with van der Waals surface area (Å²) in [6.45, 7) is 10.5. The number of carbonyl (C=O) groups is 1. The zero-order chi connectivity index (χ0) is 13.1. The van der Waals surface area contributed by atoms with Crippen LogP contribution in [0.15, 0.2) is 18.2 Å². The third kappa shape index (κ3) is 4.33. The van der Waals surface area contributed by atoms with Gasteiger partial charge in [0.15, 0.2) is 0 Å². The number of aryl methyl sites for hydroxylation is 2. The first-order valence-corrected chi connectivity index (χ1v) is 6.40. The van der Waals surface area contributed by atoms with E-state index in [-0.39, 0.29) is 11.2 Å². The SMILES string of the molecule is CC(=O)CCCc1ccc(C(C)(C)C)cc1C. The fourth-order valence-electron chi connectivity index (χ4n) is 1.97. The van der Waals surface area contributed by atoms with Gasteiger partial charge in [0.2, 0.25) is 0 Å². The largest absolute Gasteiger partial charge is 0.300 e. The Balaban J connectivity index is 2.73. The van der Waals surface area contributed by atoms with Gasteiger partial charge in [-0.2, -0.15) is 0 Å². The molecule has 0 aliphatic heterocycles. The average Bonchev–Trinajstić information content (AvgIpc) is 2.18. The van der Waals surface area contributed by atoms with Crippen LogP contribution in [0, 0.1) is 6.92 Å². The molecule has 0 atom stereocenters. The molecule has 0 saturated carbocycles. The van der Waals surface area contributed by atoms with Gasteiger partial charge in [-0.1, -0.05) is 39.0 Å². The molecule has 0 aliphatic rings. The van der Waals surface area contributed by atoms with Crippen LogP contribution in [0.5, 0.6) is 0 Å². The molecule has 0 N–H and O–H groups in total. The normalized spacial score (nSPS) is 11.6. The molecule has 0 fully saturated rings. The van der Waals surface area contributed by atoms with Gasteiger partial charge in [0.05, 0.1) is 0 Å². The first-order chi connectivity index (χ1) is 7.80. The quantitative estimate of drug-likeness (QED) is 0.760. The van der Waals surface area contributed by atoms with E-state index in [1.54, 1.807) is 6.92 Å². The first-order valence-electron chi connectivity index (χ1n) is 6.40. The van der Waals surface area contributed by atoms with Crippen LogP contribution in [0.25, 0.3) is 0 Å². The van der Waals surface area contributed by atoms with Crippen LogP contribution in [0.3, 0.4) is 0 Å². The smallest absolute Gasteiger partial charge is 0.129 e. The molecular formula is C16H24O. The standard InChI is InChI=1S/C16H24O/c1-12-11-15(16(3,4)5)10-9-14(12)8-6-7-13(2)17/h9-11H,6-8H2,1-5H3. The molecule has 0 aromatic heterocycles. The van der Waals surface area contributed by atoms with Crippen molar-refractivity contribution in [1.82, 2.24) is 0 Å². The third-order valence-electron chi connectivity index (χ3n) is 3.18. The molecule has 94 valence electrons. The Morgan fingerprint density at radius 1 is 1.24 bits per heavy atom. The van der Waals surface area contributed by atoms with E-state index in [9.17, 15) is 4.79 Å². The van der Waals surface area contributed by atoms with Crippen molar-refractivity contribution in [2.24, 2.45) is 0 Å². The van der Waals surface area contributed by atoms with Crippen LogP contribution in [0.4, 0.5) is 0 Å². The van der Waals surface area contributed by atoms with Gasteiger partial charge in [-0.05, 0) is 48.8 Å². The van der Waals surface area contributed by atoms with Gasteiger partial charge in [-0.15, -0.1) is 0 Å². The summed E-state index contributed by atoms with van der Waals surface area (Å²) in [7, 11) is 0. The highest BCUT2D eigenvalue weighted by Gasteiger charge is 2.14. The Kier molecular flexibility index (Phi) is 4.50. The number of rotatable bonds is 4. The fraction of sp³-hybridized carbons (Fsp3) is 0.562. The maximum atomic E-state index is 10.9. The van der Waals surface area contributed by atoms with Crippen molar-refractivity contribution in [2.75, 3.05) is 0 Å². The number of Topliss-reactive ketones (excluding diaryl/α,β-unsaturated/α-hetero) is 1. The Morgan fingerprint density at radius 3 is 2.35 bits per heavy atom. The summed E-state index contributed by atoms with van der Waals surface area (Å²) in [5.41, 5.74) is 4.31. The predicted molar refractivity (Wildman–Crippen MR) is 73.5 cm³/mol. The van der Waals surface area contributed by atoms with Gasteiger partial charge < -0.3 is 4.79 Å².